The Labute approximate surface area is 385 Å². The standard InChI is InChI=1S/C48H42F2N16O2/c1-54-35-10-24(49)8-30-37-42(59-39(30)35)61-46(68-29-13-34-33(58-18-29)3-2-6-55-34)63-44(37)65-20-48(21-65)14-23(41(48)53)16-57-36-11-25(50)9-31-38-43(60-40(31)36)62-47(67-28-5-4-26(15-51)56-17-28)64-45(38)66-19-22-7-27(66)12-32(22)52/h2-6,8-11,13,17-18,22-23,27,32,41,54,57H,7,12,14,16,19-21,52-53H2,1H3,(H,59,61,63)(H,60,62,64)/t22-,23?,27?,32-,41+/m1/s1. The highest BCUT2D eigenvalue weighted by atomic mass is 19.1. The fourth-order valence-corrected chi connectivity index (χ4v) is 11.2. The van der Waals surface area contributed by atoms with Gasteiger partial charge in [-0.3, -0.25) is 9.97 Å². The number of fused-ring (bicyclic) bond motifs is 9. The van der Waals surface area contributed by atoms with E-state index in [1.54, 1.807) is 37.6 Å². The van der Waals surface area contributed by atoms with Gasteiger partial charge < -0.3 is 51.3 Å². The lowest BCUT2D eigenvalue weighted by Gasteiger charge is -2.63. The molecule has 2 unspecified atom stereocenters. The lowest BCUT2D eigenvalue weighted by molar-refractivity contribution is -0.00292. The monoisotopic (exact) mass is 912 g/mol. The zero-order valence-electron chi connectivity index (χ0n) is 36.5. The van der Waals surface area contributed by atoms with E-state index < -0.39 is 11.6 Å². The third-order valence-electron chi connectivity index (χ3n) is 14.6. The van der Waals surface area contributed by atoms with E-state index in [-0.39, 0.29) is 47.2 Å². The van der Waals surface area contributed by atoms with Crippen LogP contribution in [-0.4, -0.2) is 96.2 Å². The molecule has 13 rings (SSSR count). The maximum atomic E-state index is 15.7. The number of hydrogen-bond acceptors (Lipinski definition) is 16. The Morgan fingerprint density at radius 1 is 0.824 bits per heavy atom. The number of benzene rings is 2. The minimum atomic E-state index is -0.406. The molecule has 7 aromatic heterocycles. The molecule has 2 aromatic carbocycles. The molecular formula is C48H42F2N16O2. The number of H-pyrrole nitrogens is 2. The lowest BCUT2D eigenvalue weighted by atomic mass is 9.54. The summed E-state index contributed by atoms with van der Waals surface area (Å²) in [7, 11) is 1.74. The van der Waals surface area contributed by atoms with Crippen LogP contribution in [0.4, 0.5) is 31.8 Å². The fraction of sp³-hybridized carbons (Fsp3) is 0.292. The summed E-state index contributed by atoms with van der Waals surface area (Å²) in [6.45, 7) is 2.44. The molecule has 5 atom stereocenters. The molecule has 4 aliphatic rings. The summed E-state index contributed by atoms with van der Waals surface area (Å²) in [6.07, 6.45) is 7.36. The number of anilines is 4. The lowest BCUT2D eigenvalue weighted by Crippen LogP contribution is -2.74. The van der Waals surface area contributed by atoms with E-state index in [0.29, 0.717) is 109 Å². The summed E-state index contributed by atoms with van der Waals surface area (Å²) >= 11 is 0. The van der Waals surface area contributed by atoms with Crippen molar-refractivity contribution in [2.75, 3.05) is 53.7 Å². The van der Waals surface area contributed by atoms with Gasteiger partial charge in [-0.2, -0.15) is 25.2 Å². The Balaban J connectivity index is 0.776. The Kier molecular flexibility index (Phi) is 8.88. The highest BCUT2D eigenvalue weighted by molar-refractivity contribution is 6.16. The molecule has 0 radical (unpaired) electrons. The van der Waals surface area contributed by atoms with Crippen LogP contribution in [0.1, 0.15) is 25.0 Å². The highest BCUT2D eigenvalue weighted by Gasteiger charge is 2.59. The van der Waals surface area contributed by atoms with Crippen LogP contribution < -0.4 is 41.4 Å². The van der Waals surface area contributed by atoms with Gasteiger partial charge in [0.05, 0.1) is 56.6 Å². The normalized spacial score (nSPS) is 21.5. The smallest absolute Gasteiger partial charge is 0.326 e. The number of aromatic amines is 2. The summed E-state index contributed by atoms with van der Waals surface area (Å²) < 4.78 is 43.1. The molecule has 18 nitrogen and oxygen atoms in total. The van der Waals surface area contributed by atoms with Crippen molar-refractivity contribution in [3.63, 3.8) is 0 Å². The molecule has 2 bridgehead atoms. The first-order valence-corrected chi connectivity index (χ1v) is 22.5. The number of ether oxygens (including phenoxy) is 2. The minimum absolute atomic E-state index is 0.0827. The van der Waals surface area contributed by atoms with Crippen molar-refractivity contribution in [2.24, 2.45) is 28.7 Å². The number of rotatable bonds is 10. The van der Waals surface area contributed by atoms with Gasteiger partial charge in [-0.05, 0) is 79.6 Å². The zero-order valence-corrected chi connectivity index (χ0v) is 36.5. The molecule has 0 amide bonds. The molecule has 9 heterocycles. The number of piperidine rings is 1. The second kappa shape index (κ2) is 15.0. The average molecular weight is 913 g/mol. The number of nitrogens with zero attached hydrogens (tertiary/aromatic N) is 10. The average Bonchev–Trinajstić information content (AvgIpc) is 4.11. The van der Waals surface area contributed by atoms with E-state index in [4.69, 9.17) is 40.9 Å². The molecule has 2 aliphatic heterocycles. The van der Waals surface area contributed by atoms with Crippen LogP contribution in [0.3, 0.4) is 0 Å². The Bertz CT molecular complexity index is 3570. The van der Waals surface area contributed by atoms with Crippen LogP contribution in [0, 0.1) is 40.2 Å². The fourth-order valence-electron chi connectivity index (χ4n) is 11.2. The van der Waals surface area contributed by atoms with Crippen molar-refractivity contribution >= 4 is 77.9 Å². The first-order valence-electron chi connectivity index (χ1n) is 22.5. The van der Waals surface area contributed by atoms with Crippen molar-refractivity contribution in [1.82, 2.24) is 44.9 Å². The summed E-state index contributed by atoms with van der Waals surface area (Å²) in [4.78, 5) is 43.6. The summed E-state index contributed by atoms with van der Waals surface area (Å²) in [5, 5.41) is 18.5. The van der Waals surface area contributed by atoms with Gasteiger partial charge in [0.1, 0.15) is 52.1 Å². The Hall–Kier alpha value is -8.02. The van der Waals surface area contributed by atoms with Crippen molar-refractivity contribution in [3.8, 4) is 29.6 Å². The second-order valence-electron chi connectivity index (χ2n) is 18.6. The van der Waals surface area contributed by atoms with Crippen molar-refractivity contribution in [1.29, 1.82) is 5.26 Å². The number of nitriles is 1. The van der Waals surface area contributed by atoms with Gasteiger partial charge in [0.15, 0.2) is 5.75 Å². The van der Waals surface area contributed by atoms with Crippen molar-refractivity contribution < 1.29 is 18.3 Å². The van der Waals surface area contributed by atoms with E-state index in [0.717, 1.165) is 31.3 Å². The quantitative estimate of drug-likeness (QED) is 0.0822. The molecule has 2 saturated carbocycles. The van der Waals surface area contributed by atoms with Crippen LogP contribution in [-0.2, 0) is 0 Å². The predicted molar refractivity (Wildman–Crippen MR) is 252 cm³/mol. The number of nitrogens with two attached hydrogens (primary N) is 2. The summed E-state index contributed by atoms with van der Waals surface area (Å²) in [6, 6.07) is 17.0. The van der Waals surface area contributed by atoms with Gasteiger partial charge in [0.25, 0.3) is 0 Å². The SMILES string of the molecule is CNc1cc(F)cc2c1[nH]c1nc(Oc3cnc4cccnc4c3)nc(N3CC4(CC(CNc5cc(F)cc6c5[nH]c5nc(Oc7ccc(C#N)nc7)nc(N7C[C@H]8CC7C[C@H]8N)c56)[C@@H]4N)C3)c12. The van der Waals surface area contributed by atoms with Gasteiger partial charge in [0, 0.05) is 79.8 Å². The zero-order chi connectivity index (χ0) is 46.0. The van der Waals surface area contributed by atoms with Crippen LogP contribution in [0.5, 0.6) is 23.5 Å². The first-order chi connectivity index (χ1) is 33.1. The predicted octanol–water partition coefficient (Wildman–Crippen LogP) is 6.84. The summed E-state index contributed by atoms with van der Waals surface area (Å²) in [5.74, 6) is 1.66. The number of aromatic nitrogens is 9. The van der Waals surface area contributed by atoms with E-state index in [1.165, 1.54) is 30.5 Å². The molecule has 340 valence electrons. The molecule has 1 spiro atoms. The maximum Gasteiger partial charge on any atom is 0.326 e. The molecule has 20 heteroatoms. The molecule has 9 aromatic rings. The largest absolute Gasteiger partial charge is 0.423 e. The third kappa shape index (κ3) is 6.36. The molecular weight excluding hydrogens is 871 g/mol. The topological polar surface area (TPSA) is 247 Å². The van der Waals surface area contributed by atoms with Crippen LogP contribution >= 0.6 is 0 Å². The number of hydrogen-bond donors (Lipinski definition) is 6. The maximum absolute atomic E-state index is 15.7. The van der Waals surface area contributed by atoms with E-state index >= 15 is 8.78 Å². The van der Waals surface area contributed by atoms with Crippen LogP contribution in [0.15, 0.2) is 73.2 Å². The van der Waals surface area contributed by atoms with Gasteiger partial charge in [-0.25, -0.2) is 13.8 Å². The van der Waals surface area contributed by atoms with Gasteiger partial charge in [-0.1, -0.05) is 0 Å². The Morgan fingerprint density at radius 3 is 2.21 bits per heavy atom. The molecule has 2 aliphatic carbocycles. The van der Waals surface area contributed by atoms with Gasteiger partial charge >= 0.3 is 12.0 Å². The number of nitrogens with one attached hydrogen (secondary N) is 4. The molecule has 4 fully saturated rings. The van der Waals surface area contributed by atoms with E-state index in [9.17, 15) is 5.26 Å². The third-order valence-corrected chi connectivity index (χ3v) is 14.6. The number of halogens is 2. The Morgan fingerprint density at radius 2 is 1.53 bits per heavy atom. The first kappa shape index (κ1) is 40.3. The van der Waals surface area contributed by atoms with E-state index in [1.807, 2.05) is 18.2 Å². The molecule has 2 saturated heterocycles. The molecule has 8 N–H and O–H groups in total. The second-order valence-corrected chi connectivity index (χ2v) is 18.6. The van der Waals surface area contributed by atoms with Gasteiger partial charge in [0.2, 0.25) is 0 Å². The number of pyridine rings is 3. The highest BCUT2D eigenvalue weighted by Crippen LogP contribution is 2.53. The summed E-state index contributed by atoms with van der Waals surface area (Å²) in [5.41, 5.74) is 18.5. The van der Waals surface area contributed by atoms with Gasteiger partial charge in [-0.15, -0.1) is 0 Å². The molecule has 68 heavy (non-hydrogen) atoms. The van der Waals surface area contributed by atoms with E-state index in [2.05, 4.69) is 45.4 Å². The van der Waals surface area contributed by atoms with Crippen LogP contribution in [0.25, 0.3) is 54.9 Å². The minimum Gasteiger partial charge on any atom is -0.423 e. The van der Waals surface area contributed by atoms with Crippen molar-refractivity contribution in [3.05, 3.63) is 90.5 Å². The van der Waals surface area contributed by atoms with Crippen LogP contribution in [0.2, 0.25) is 0 Å². The van der Waals surface area contributed by atoms with Crippen molar-refractivity contribution in [2.45, 2.75) is 37.4 Å².